The predicted octanol–water partition coefficient (Wildman–Crippen LogP) is 2.26. The molecule has 20 heavy (non-hydrogen) atoms. The Labute approximate surface area is 132 Å². The van der Waals surface area contributed by atoms with Gasteiger partial charge in [-0.2, -0.15) is 0 Å². The molecule has 1 aromatic carbocycles. The summed E-state index contributed by atoms with van der Waals surface area (Å²) in [5.41, 5.74) is 0.708. The first-order valence-electron chi connectivity index (χ1n) is 6.43. The van der Waals surface area contributed by atoms with Crippen LogP contribution >= 0.6 is 27.5 Å². The summed E-state index contributed by atoms with van der Waals surface area (Å²) >= 11 is 9.43. The van der Waals surface area contributed by atoms with Crippen LogP contribution in [0.5, 0.6) is 0 Å². The molecule has 2 rings (SSSR count). The topological polar surface area (TPSA) is 57.6 Å². The van der Waals surface area contributed by atoms with Crippen LogP contribution in [0.15, 0.2) is 22.7 Å². The fourth-order valence-electron chi connectivity index (χ4n) is 2.21. The Morgan fingerprint density at radius 1 is 1.35 bits per heavy atom. The van der Waals surface area contributed by atoms with Gasteiger partial charge in [-0.1, -0.05) is 33.6 Å². The van der Waals surface area contributed by atoms with Gasteiger partial charge >= 0.3 is 0 Å². The number of hydrogen-bond acceptors (Lipinski definition) is 4. The van der Waals surface area contributed by atoms with E-state index < -0.39 is 15.9 Å². The molecule has 0 aromatic heterocycles. The first-order chi connectivity index (χ1) is 9.37. The van der Waals surface area contributed by atoms with Crippen LogP contribution in [0.25, 0.3) is 0 Å². The smallest absolute Gasteiger partial charge is 0.152 e. The van der Waals surface area contributed by atoms with E-state index in [9.17, 15) is 13.5 Å². The first kappa shape index (κ1) is 16.2. The predicted molar refractivity (Wildman–Crippen MR) is 83.8 cm³/mol. The molecule has 1 heterocycles. The molecular weight excluding hydrogens is 366 g/mol. The minimum atomic E-state index is -2.85. The van der Waals surface area contributed by atoms with Gasteiger partial charge in [-0.15, -0.1) is 0 Å². The molecule has 1 aromatic rings. The van der Waals surface area contributed by atoms with Gasteiger partial charge in [-0.25, -0.2) is 8.42 Å². The molecule has 0 amide bonds. The summed E-state index contributed by atoms with van der Waals surface area (Å²) in [6, 6.07) is 5.41. The Kier molecular flexibility index (Phi) is 5.48. The van der Waals surface area contributed by atoms with Crippen LogP contribution in [0, 0.1) is 0 Å². The molecule has 0 bridgehead atoms. The fourth-order valence-corrected chi connectivity index (χ4v) is 4.28. The average molecular weight is 383 g/mol. The van der Waals surface area contributed by atoms with Crippen LogP contribution in [-0.4, -0.2) is 49.6 Å². The lowest BCUT2D eigenvalue weighted by Gasteiger charge is -2.27. The number of halogens is 2. The van der Waals surface area contributed by atoms with Crippen molar-refractivity contribution < 1.29 is 13.5 Å². The molecule has 0 aliphatic carbocycles. The van der Waals surface area contributed by atoms with E-state index in [0.29, 0.717) is 36.6 Å². The zero-order valence-corrected chi connectivity index (χ0v) is 14.1. The molecule has 0 saturated carbocycles. The van der Waals surface area contributed by atoms with Gasteiger partial charge < -0.3 is 10.0 Å². The summed E-state index contributed by atoms with van der Waals surface area (Å²) in [6.07, 6.45) is -0.0874. The number of aliphatic hydroxyl groups excluding tert-OH is 1. The van der Waals surface area contributed by atoms with E-state index >= 15 is 0 Å². The Morgan fingerprint density at radius 2 is 2.00 bits per heavy atom. The van der Waals surface area contributed by atoms with E-state index in [1.165, 1.54) is 0 Å². The second-order valence-corrected chi connectivity index (χ2v) is 8.59. The molecule has 1 atom stereocenters. The van der Waals surface area contributed by atoms with E-state index in [2.05, 4.69) is 20.8 Å². The number of nitrogens with zero attached hydrogens (tertiary/aromatic N) is 1. The molecule has 1 unspecified atom stereocenters. The van der Waals surface area contributed by atoms with Crippen molar-refractivity contribution in [3.8, 4) is 0 Å². The van der Waals surface area contributed by atoms with Gasteiger partial charge in [-0.05, 0) is 24.1 Å². The van der Waals surface area contributed by atoms with Crippen molar-refractivity contribution >= 4 is 37.4 Å². The Hall–Kier alpha value is -0.140. The van der Waals surface area contributed by atoms with Crippen molar-refractivity contribution in [2.45, 2.75) is 12.5 Å². The van der Waals surface area contributed by atoms with Crippen LogP contribution in [0.1, 0.15) is 18.1 Å². The van der Waals surface area contributed by atoms with E-state index in [-0.39, 0.29) is 11.5 Å². The van der Waals surface area contributed by atoms with Crippen molar-refractivity contribution in [2.75, 3.05) is 31.1 Å². The third-order valence-electron chi connectivity index (χ3n) is 3.48. The lowest BCUT2D eigenvalue weighted by Crippen LogP contribution is -2.40. The van der Waals surface area contributed by atoms with Crippen LogP contribution < -0.4 is 0 Å². The van der Waals surface area contributed by atoms with Gasteiger partial charge in [0.25, 0.3) is 0 Å². The SMILES string of the molecule is O=S1(=O)CCN(CCC(O)c2ccc(Br)cc2Cl)CC1. The molecule has 1 N–H and O–H groups in total. The van der Waals surface area contributed by atoms with E-state index in [1.807, 2.05) is 6.07 Å². The molecule has 1 saturated heterocycles. The largest absolute Gasteiger partial charge is 0.388 e. The Bertz CT molecular complexity index is 565. The molecule has 0 spiro atoms. The highest BCUT2D eigenvalue weighted by atomic mass is 79.9. The van der Waals surface area contributed by atoms with Crippen LogP contribution in [0.3, 0.4) is 0 Å². The van der Waals surface area contributed by atoms with Gasteiger partial charge in [0.15, 0.2) is 9.84 Å². The number of hydrogen-bond donors (Lipinski definition) is 1. The summed E-state index contributed by atoms with van der Waals surface area (Å²) in [6.45, 7) is 1.76. The van der Waals surface area contributed by atoms with Gasteiger partial charge in [0.05, 0.1) is 17.6 Å². The lowest BCUT2D eigenvalue weighted by atomic mass is 10.1. The van der Waals surface area contributed by atoms with Crippen LogP contribution in [0.2, 0.25) is 5.02 Å². The van der Waals surface area contributed by atoms with Crippen molar-refractivity contribution in [3.63, 3.8) is 0 Å². The Balaban J connectivity index is 1.88. The maximum atomic E-state index is 11.3. The lowest BCUT2D eigenvalue weighted by molar-refractivity contribution is 0.144. The third kappa shape index (κ3) is 4.43. The second kappa shape index (κ2) is 6.75. The van der Waals surface area contributed by atoms with E-state index in [1.54, 1.807) is 12.1 Å². The highest BCUT2D eigenvalue weighted by molar-refractivity contribution is 9.10. The van der Waals surface area contributed by atoms with Crippen molar-refractivity contribution in [1.82, 2.24) is 4.90 Å². The Morgan fingerprint density at radius 3 is 2.60 bits per heavy atom. The van der Waals surface area contributed by atoms with Crippen molar-refractivity contribution in [1.29, 1.82) is 0 Å². The number of sulfone groups is 1. The number of benzene rings is 1. The zero-order chi connectivity index (χ0) is 14.8. The second-order valence-electron chi connectivity index (χ2n) is 4.96. The number of rotatable bonds is 4. The molecule has 1 fully saturated rings. The summed E-state index contributed by atoms with van der Waals surface area (Å²) in [7, 11) is -2.85. The minimum absolute atomic E-state index is 0.210. The van der Waals surface area contributed by atoms with E-state index in [4.69, 9.17) is 11.6 Å². The van der Waals surface area contributed by atoms with Gasteiger partial charge in [0, 0.05) is 29.1 Å². The summed E-state index contributed by atoms with van der Waals surface area (Å²) < 4.78 is 23.5. The quantitative estimate of drug-likeness (QED) is 0.868. The molecule has 7 heteroatoms. The molecule has 1 aliphatic heterocycles. The van der Waals surface area contributed by atoms with Crippen LogP contribution in [0.4, 0.5) is 0 Å². The van der Waals surface area contributed by atoms with Gasteiger partial charge in [0.2, 0.25) is 0 Å². The normalized spacial score (nSPS) is 20.8. The maximum Gasteiger partial charge on any atom is 0.152 e. The molecule has 0 radical (unpaired) electrons. The van der Waals surface area contributed by atoms with Gasteiger partial charge in [0.1, 0.15) is 0 Å². The molecular formula is C13H17BrClNO3S. The average Bonchev–Trinajstić information content (AvgIpc) is 2.37. The van der Waals surface area contributed by atoms with Crippen molar-refractivity contribution in [2.24, 2.45) is 0 Å². The summed E-state index contributed by atoms with van der Waals surface area (Å²) in [5.74, 6) is 0.421. The highest BCUT2D eigenvalue weighted by Crippen LogP contribution is 2.28. The van der Waals surface area contributed by atoms with E-state index in [0.717, 1.165) is 4.47 Å². The molecule has 112 valence electrons. The summed E-state index contributed by atoms with van der Waals surface area (Å²) in [4.78, 5) is 2.07. The van der Waals surface area contributed by atoms with Crippen molar-refractivity contribution in [3.05, 3.63) is 33.3 Å². The minimum Gasteiger partial charge on any atom is -0.388 e. The summed E-state index contributed by atoms with van der Waals surface area (Å²) in [5, 5.41) is 10.7. The fraction of sp³-hybridized carbons (Fsp3) is 0.538. The monoisotopic (exact) mass is 381 g/mol. The third-order valence-corrected chi connectivity index (χ3v) is 5.91. The standard InChI is InChI=1S/C13H17BrClNO3S/c14-10-1-2-11(12(15)9-10)13(17)3-4-16-5-7-20(18,19)8-6-16/h1-2,9,13,17H,3-8H2. The van der Waals surface area contributed by atoms with Gasteiger partial charge in [-0.3, -0.25) is 0 Å². The number of aliphatic hydroxyl groups is 1. The highest BCUT2D eigenvalue weighted by Gasteiger charge is 2.22. The first-order valence-corrected chi connectivity index (χ1v) is 9.42. The maximum absolute atomic E-state index is 11.3. The zero-order valence-electron chi connectivity index (χ0n) is 10.9. The van der Waals surface area contributed by atoms with Crippen LogP contribution in [-0.2, 0) is 9.84 Å². The molecule has 1 aliphatic rings. The molecule has 4 nitrogen and oxygen atoms in total.